The minimum absolute atomic E-state index is 0.137. The summed E-state index contributed by atoms with van der Waals surface area (Å²) in [5, 5.41) is 12.1. The second-order valence-corrected chi connectivity index (χ2v) is 15.9. The van der Waals surface area contributed by atoms with E-state index >= 15 is 0 Å². The van der Waals surface area contributed by atoms with Crippen molar-refractivity contribution in [2.45, 2.75) is 52.1 Å². The SMILES string of the molecule is CCOc1cc(CCC(=O)c2ccccc2)ccc1Oc1nc2ccccc2s1.CCOc1cc(CCC(C)(O)c2ccccc2)ccc1Oc1nc2ccccc2s1. The van der Waals surface area contributed by atoms with Crippen LogP contribution in [0.15, 0.2) is 146 Å². The van der Waals surface area contributed by atoms with E-state index in [1.165, 1.54) is 22.7 Å². The molecule has 8 aromatic rings. The Labute approximate surface area is 352 Å². The minimum atomic E-state index is -0.886. The number of para-hydroxylation sites is 2. The summed E-state index contributed by atoms with van der Waals surface area (Å²) in [5.74, 6) is 2.77. The van der Waals surface area contributed by atoms with Crippen molar-refractivity contribution in [1.82, 2.24) is 9.97 Å². The molecule has 1 N–H and O–H groups in total. The van der Waals surface area contributed by atoms with Crippen LogP contribution in [0.3, 0.4) is 0 Å². The summed E-state index contributed by atoms with van der Waals surface area (Å²) in [6, 6.07) is 46.8. The molecule has 0 fully saturated rings. The molecule has 1 unspecified atom stereocenters. The molecule has 8 rings (SSSR count). The molecular formula is C49H46N2O6S2. The highest BCUT2D eigenvalue weighted by Crippen LogP contribution is 2.38. The topological polar surface area (TPSA) is 100 Å². The molecule has 0 spiro atoms. The fourth-order valence-corrected chi connectivity index (χ4v) is 8.11. The van der Waals surface area contributed by atoms with E-state index in [-0.39, 0.29) is 5.78 Å². The van der Waals surface area contributed by atoms with Crippen molar-refractivity contribution in [3.05, 3.63) is 168 Å². The Morgan fingerprint density at radius 1 is 0.593 bits per heavy atom. The van der Waals surface area contributed by atoms with Crippen LogP contribution in [0.1, 0.15) is 60.7 Å². The molecule has 0 saturated heterocycles. The first-order valence-corrected chi connectivity index (χ1v) is 21.4. The quantitative estimate of drug-likeness (QED) is 0.0962. The highest BCUT2D eigenvalue weighted by Gasteiger charge is 2.23. The number of hydrogen-bond acceptors (Lipinski definition) is 10. The van der Waals surface area contributed by atoms with Gasteiger partial charge in [-0.1, -0.05) is 120 Å². The van der Waals surface area contributed by atoms with Gasteiger partial charge in [0.15, 0.2) is 28.8 Å². The number of ether oxygens (including phenoxy) is 4. The third-order valence-electron chi connectivity index (χ3n) is 9.59. The summed E-state index contributed by atoms with van der Waals surface area (Å²) in [5.41, 5.74) is 4.75. The molecule has 2 heterocycles. The molecule has 2 aromatic heterocycles. The summed E-state index contributed by atoms with van der Waals surface area (Å²) in [7, 11) is 0. The predicted octanol–water partition coefficient (Wildman–Crippen LogP) is 12.6. The largest absolute Gasteiger partial charge is 0.490 e. The van der Waals surface area contributed by atoms with Crippen LogP contribution in [0.25, 0.3) is 20.4 Å². The van der Waals surface area contributed by atoms with Crippen LogP contribution in [0.4, 0.5) is 0 Å². The average Bonchev–Trinajstić information content (AvgIpc) is 3.88. The first-order valence-electron chi connectivity index (χ1n) is 19.7. The first-order chi connectivity index (χ1) is 28.8. The lowest BCUT2D eigenvalue weighted by Gasteiger charge is -2.24. The highest BCUT2D eigenvalue weighted by atomic mass is 32.1. The fourth-order valence-electron chi connectivity index (χ4n) is 6.45. The van der Waals surface area contributed by atoms with E-state index in [0.717, 1.165) is 49.1 Å². The molecule has 1 atom stereocenters. The summed E-state index contributed by atoms with van der Waals surface area (Å²) < 4.78 is 25.8. The van der Waals surface area contributed by atoms with E-state index in [2.05, 4.69) is 9.97 Å². The molecule has 0 bridgehead atoms. The zero-order valence-corrected chi connectivity index (χ0v) is 34.9. The van der Waals surface area contributed by atoms with Crippen LogP contribution in [-0.4, -0.2) is 34.1 Å². The lowest BCUT2D eigenvalue weighted by atomic mass is 9.89. The van der Waals surface area contributed by atoms with E-state index in [0.29, 0.717) is 65.9 Å². The van der Waals surface area contributed by atoms with Crippen LogP contribution in [0.5, 0.6) is 33.4 Å². The van der Waals surface area contributed by atoms with Crippen molar-refractivity contribution in [3.8, 4) is 33.4 Å². The molecule has 0 amide bonds. The molecule has 59 heavy (non-hydrogen) atoms. The van der Waals surface area contributed by atoms with Gasteiger partial charge in [-0.25, -0.2) is 9.97 Å². The number of nitrogens with zero attached hydrogens (tertiary/aromatic N) is 2. The summed E-state index contributed by atoms with van der Waals surface area (Å²) >= 11 is 3.01. The number of Topliss-reactive ketones (excluding diaryl/α,β-unsaturated/α-hetero) is 1. The molecule has 0 aliphatic carbocycles. The molecule has 0 aliphatic rings. The number of hydrogen-bond donors (Lipinski definition) is 1. The van der Waals surface area contributed by atoms with Crippen molar-refractivity contribution in [1.29, 1.82) is 0 Å². The first kappa shape index (κ1) is 41.1. The Morgan fingerprint density at radius 2 is 1.07 bits per heavy atom. The highest BCUT2D eigenvalue weighted by molar-refractivity contribution is 7.20. The molecule has 0 saturated carbocycles. The van der Waals surface area contributed by atoms with Crippen LogP contribution in [0.2, 0.25) is 0 Å². The monoisotopic (exact) mass is 822 g/mol. The molecule has 6 aromatic carbocycles. The van der Waals surface area contributed by atoms with E-state index in [1.807, 2.05) is 166 Å². The number of carbonyl (C=O) groups is 1. The fraction of sp³-hybridized carbons (Fsp3) is 0.204. The second kappa shape index (κ2) is 19.6. The van der Waals surface area contributed by atoms with E-state index in [4.69, 9.17) is 18.9 Å². The average molecular weight is 823 g/mol. The summed E-state index contributed by atoms with van der Waals surface area (Å²) in [6.07, 6.45) is 2.44. The minimum Gasteiger partial charge on any atom is -0.490 e. The third kappa shape index (κ3) is 10.9. The number of aryl methyl sites for hydroxylation is 2. The summed E-state index contributed by atoms with van der Waals surface area (Å²) in [4.78, 5) is 21.4. The number of benzene rings is 6. The number of fused-ring (bicyclic) bond motifs is 2. The van der Waals surface area contributed by atoms with Gasteiger partial charge in [-0.3, -0.25) is 4.79 Å². The van der Waals surface area contributed by atoms with Gasteiger partial charge in [0.1, 0.15) is 0 Å². The van der Waals surface area contributed by atoms with Gasteiger partial charge in [0, 0.05) is 12.0 Å². The molecule has 10 heteroatoms. The maximum Gasteiger partial charge on any atom is 0.279 e. The van der Waals surface area contributed by atoms with Crippen LogP contribution in [-0.2, 0) is 18.4 Å². The van der Waals surface area contributed by atoms with Gasteiger partial charge in [-0.05, 0) is 105 Å². The normalized spacial score (nSPS) is 12.0. The lowest BCUT2D eigenvalue weighted by Crippen LogP contribution is -2.21. The Bertz CT molecular complexity index is 2540. The predicted molar refractivity (Wildman–Crippen MR) is 238 cm³/mol. The maximum atomic E-state index is 12.4. The van der Waals surface area contributed by atoms with E-state index < -0.39 is 5.60 Å². The van der Waals surface area contributed by atoms with Crippen molar-refractivity contribution in [2.24, 2.45) is 0 Å². The standard InChI is InChI=1S/C25H25NO3S.C24H21NO3S/c1-3-28-22-17-18(15-16-25(2,27)19-9-5-4-6-10-19)13-14-21(22)29-24-26-20-11-7-8-12-23(20)30-24;1-2-27-22-16-17(12-14-20(26)18-8-4-3-5-9-18)13-15-21(22)28-24-25-19-10-6-7-11-23(19)29-24/h4-14,17,27H,3,15-16H2,1-2H3;3-11,13,15-16H,2,12,14H2,1H3. The number of aliphatic hydroxyl groups is 1. The number of thiazole rings is 2. The van der Waals surface area contributed by atoms with Crippen LogP contribution >= 0.6 is 22.7 Å². The number of ketones is 1. The lowest BCUT2D eigenvalue weighted by molar-refractivity contribution is 0.0480. The van der Waals surface area contributed by atoms with Crippen molar-refractivity contribution >= 4 is 48.9 Å². The number of carbonyl (C=O) groups excluding carboxylic acids is 1. The van der Waals surface area contributed by atoms with Crippen molar-refractivity contribution in [2.75, 3.05) is 13.2 Å². The van der Waals surface area contributed by atoms with E-state index in [9.17, 15) is 9.90 Å². The molecule has 0 aliphatic heterocycles. The smallest absolute Gasteiger partial charge is 0.279 e. The molecular weight excluding hydrogens is 777 g/mol. The van der Waals surface area contributed by atoms with Crippen LogP contribution in [0, 0.1) is 0 Å². The zero-order valence-electron chi connectivity index (χ0n) is 33.3. The van der Waals surface area contributed by atoms with Gasteiger partial charge in [0.05, 0.1) is 39.2 Å². The van der Waals surface area contributed by atoms with Gasteiger partial charge in [-0.15, -0.1) is 0 Å². The molecule has 0 radical (unpaired) electrons. The van der Waals surface area contributed by atoms with Crippen LogP contribution < -0.4 is 18.9 Å². The number of rotatable bonds is 16. The van der Waals surface area contributed by atoms with Gasteiger partial charge >= 0.3 is 0 Å². The molecule has 8 nitrogen and oxygen atoms in total. The Hall–Kier alpha value is -6.07. The second-order valence-electron chi connectivity index (χ2n) is 14.0. The van der Waals surface area contributed by atoms with Gasteiger partial charge in [0.25, 0.3) is 10.4 Å². The maximum absolute atomic E-state index is 12.4. The third-order valence-corrected chi connectivity index (χ3v) is 11.4. The van der Waals surface area contributed by atoms with E-state index in [1.54, 1.807) is 0 Å². The van der Waals surface area contributed by atoms with Gasteiger partial charge < -0.3 is 24.1 Å². The van der Waals surface area contributed by atoms with Crippen molar-refractivity contribution in [3.63, 3.8) is 0 Å². The molecule has 300 valence electrons. The summed E-state index contributed by atoms with van der Waals surface area (Å²) in [6.45, 7) is 6.82. The van der Waals surface area contributed by atoms with Gasteiger partial charge in [-0.2, -0.15) is 0 Å². The Kier molecular flexibility index (Phi) is 13.6. The van der Waals surface area contributed by atoms with Gasteiger partial charge in [0.2, 0.25) is 0 Å². The Morgan fingerprint density at radius 3 is 1.58 bits per heavy atom. The number of aromatic nitrogens is 2. The Balaban J connectivity index is 0.000000179. The zero-order chi connectivity index (χ0) is 41.0. The van der Waals surface area contributed by atoms with Crippen molar-refractivity contribution < 1.29 is 28.8 Å².